The number of esters is 1. The van der Waals surface area contributed by atoms with Crippen molar-refractivity contribution in [3.05, 3.63) is 35.4 Å². The number of benzene rings is 1. The molecule has 0 aliphatic heterocycles. The van der Waals surface area contributed by atoms with Gasteiger partial charge in [0.2, 0.25) is 11.4 Å². The molecule has 162 valence electrons. The number of rotatable bonds is 14. The molecule has 0 radical (unpaired) electrons. The lowest BCUT2D eigenvalue weighted by atomic mass is 9.90. The second kappa shape index (κ2) is 13.0. The number of carboxylic acids is 1. The normalized spacial score (nSPS) is 12.8. The summed E-state index contributed by atoms with van der Waals surface area (Å²) in [6.07, 6.45) is 8.82. The zero-order valence-corrected chi connectivity index (χ0v) is 18.0. The van der Waals surface area contributed by atoms with Crippen molar-refractivity contribution in [1.82, 2.24) is 5.32 Å². The van der Waals surface area contributed by atoms with Gasteiger partial charge in [-0.1, -0.05) is 63.3 Å². The van der Waals surface area contributed by atoms with Gasteiger partial charge in [0.15, 0.2) is 0 Å². The Bertz CT molecular complexity index is 656. The molecule has 0 aliphatic carbocycles. The fourth-order valence-corrected chi connectivity index (χ4v) is 3.33. The highest BCUT2D eigenvalue weighted by molar-refractivity contribution is 6.06. The van der Waals surface area contributed by atoms with Crippen LogP contribution in [0.1, 0.15) is 76.8 Å². The average molecular weight is 406 g/mol. The first-order chi connectivity index (χ1) is 13.9. The molecule has 6 heteroatoms. The molecule has 0 fully saturated rings. The summed E-state index contributed by atoms with van der Waals surface area (Å²) in [5, 5.41) is 11.9. The highest BCUT2D eigenvalue weighted by Crippen LogP contribution is 2.19. The summed E-state index contributed by atoms with van der Waals surface area (Å²) in [4.78, 5) is 35.7. The van der Waals surface area contributed by atoms with Gasteiger partial charge in [-0.2, -0.15) is 0 Å². The van der Waals surface area contributed by atoms with Gasteiger partial charge in [-0.3, -0.25) is 4.79 Å². The van der Waals surface area contributed by atoms with Crippen molar-refractivity contribution in [3.63, 3.8) is 0 Å². The van der Waals surface area contributed by atoms with E-state index in [9.17, 15) is 19.5 Å². The van der Waals surface area contributed by atoms with Crippen LogP contribution in [0.4, 0.5) is 0 Å². The molecule has 1 atom stereocenters. The largest absolute Gasteiger partial charge is 0.479 e. The number of aryl methyl sites for hydroxylation is 2. The van der Waals surface area contributed by atoms with Crippen LogP contribution in [0.5, 0.6) is 0 Å². The molecule has 0 saturated carbocycles. The number of aliphatic carboxylic acids is 1. The number of hydrogen-bond donors (Lipinski definition) is 2. The molecular formula is C23H35NO5. The summed E-state index contributed by atoms with van der Waals surface area (Å²) in [7, 11) is 0. The molecule has 0 spiro atoms. The Labute approximate surface area is 174 Å². The van der Waals surface area contributed by atoms with Crippen molar-refractivity contribution in [2.45, 2.75) is 84.1 Å². The van der Waals surface area contributed by atoms with Gasteiger partial charge in [0.1, 0.15) is 0 Å². The summed E-state index contributed by atoms with van der Waals surface area (Å²) in [5.74, 6) is -2.94. The minimum atomic E-state index is -2.07. The smallest absolute Gasteiger partial charge is 0.343 e. The monoisotopic (exact) mass is 405 g/mol. The van der Waals surface area contributed by atoms with E-state index in [1.807, 2.05) is 24.3 Å². The number of carboxylic acid groups (broad SMARTS) is 1. The van der Waals surface area contributed by atoms with Crippen LogP contribution in [0.15, 0.2) is 24.3 Å². The van der Waals surface area contributed by atoms with Crippen LogP contribution in [0.25, 0.3) is 0 Å². The van der Waals surface area contributed by atoms with Gasteiger partial charge in [0, 0.05) is 6.92 Å². The molecule has 2 N–H and O–H groups in total. The summed E-state index contributed by atoms with van der Waals surface area (Å²) >= 11 is 0. The second-order valence-electron chi connectivity index (χ2n) is 7.45. The van der Waals surface area contributed by atoms with E-state index in [1.165, 1.54) is 44.6 Å². The molecule has 1 rings (SSSR count). The van der Waals surface area contributed by atoms with Crippen LogP contribution in [-0.2, 0) is 32.0 Å². The standard InChI is InChI=1S/C23H35NO5/c1-4-6-7-8-9-10-11-19-12-14-20(15-13-19)16-17-23(21(26)27,24-18(3)25)22(28)29-5-2/h12-15H,4-11,16-17H2,1-3H3,(H,24,25)(H,26,27). The van der Waals surface area contributed by atoms with Gasteiger partial charge >= 0.3 is 11.9 Å². The van der Waals surface area contributed by atoms with Gasteiger partial charge in [-0.05, 0) is 43.7 Å². The maximum atomic E-state index is 12.3. The summed E-state index contributed by atoms with van der Waals surface area (Å²) < 4.78 is 4.92. The second-order valence-corrected chi connectivity index (χ2v) is 7.45. The highest BCUT2D eigenvalue weighted by Gasteiger charge is 2.48. The number of amides is 1. The molecule has 29 heavy (non-hydrogen) atoms. The van der Waals surface area contributed by atoms with E-state index in [1.54, 1.807) is 6.92 Å². The predicted molar refractivity (Wildman–Crippen MR) is 113 cm³/mol. The Morgan fingerprint density at radius 3 is 2.00 bits per heavy atom. The fraction of sp³-hybridized carbons (Fsp3) is 0.609. The van der Waals surface area contributed by atoms with Crippen molar-refractivity contribution in [3.8, 4) is 0 Å². The fourth-order valence-electron chi connectivity index (χ4n) is 3.33. The van der Waals surface area contributed by atoms with Gasteiger partial charge in [-0.25, -0.2) is 9.59 Å². The minimum absolute atomic E-state index is 0.0423. The van der Waals surface area contributed by atoms with Crippen molar-refractivity contribution in [2.75, 3.05) is 6.61 Å². The Morgan fingerprint density at radius 1 is 0.931 bits per heavy atom. The number of nitrogens with one attached hydrogen (secondary N) is 1. The number of carbonyl (C=O) groups excluding carboxylic acids is 2. The summed E-state index contributed by atoms with van der Waals surface area (Å²) in [6, 6.07) is 8.01. The Balaban J connectivity index is 2.68. The van der Waals surface area contributed by atoms with E-state index in [-0.39, 0.29) is 13.0 Å². The van der Waals surface area contributed by atoms with Crippen molar-refractivity contribution >= 4 is 17.8 Å². The maximum absolute atomic E-state index is 12.3. The van der Waals surface area contributed by atoms with Gasteiger partial charge in [-0.15, -0.1) is 0 Å². The van der Waals surface area contributed by atoms with Gasteiger partial charge in [0.25, 0.3) is 0 Å². The number of carbonyl (C=O) groups is 3. The third-order valence-electron chi connectivity index (χ3n) is 5.01. The first-order valence-electron chi connectivity index (χ1n) is 10.6. The minimum Gasteiger partial charge on any atom is -0.479 e. The Kier molecular flexibility index (Phi) is 11.0. The first kappa shape index (κ1) is 24.7. The van der Waals surface area contributed by atoms with E-state index in [2.05, 4.69) is 12.2 Å². The number of hydrogen-bond acceptors (Lipinski definition) is 4. The number of ether oxygens (including phenoxy) is 1. The zero-order valence-electron chi connectivity index (χ0n) is 18.0. The van der Waals surface area contributed by atoms with Crippen LogP contribution in [0.3, 0.4) is 0 Å². The molecule has 0 aromatic heterocycles. The van der Waals surface area contributed by atoms with Crippen LogP contribution in [0.2, 0.25) is 0 Å². The molecule has 0 saturated heterocycles. The molecule has 1 amide bonds. The molecule has 1 unspecified atom stereocenters. The third kappa shape index (κ3) is 8.26. The SMILES string of the molecule is CCCCCCCCc1ccc(CCC(NC(C)=O)(C(=O)O)C(=O)OCC)cc1. The van der Waals surface area contributed by atoms with Crippen LogP contribution in [-0.4, -0.2) is 35.1 Å². The first-order valence-corrected chi connectivity index (χ1v) is 10.6. The van der Waals surface area contributed by atoms with Gasteiger partial charge < -0.3 is 15.2 Å². The van der Waals surface area contributed by atoms with E-state index < -0.39 is 23.4 Å². The Morgan fingerprint density at radius 2 is 1.48 bits per heavy atom. The van der Waals surface area contributed by atoms with Crippen molar-refractivity contribution in [2.24, 2.45) is 0 Å². The molecule has 0 heterocycles. The third-order valence-corrected chi connectivity index (χ3v) is 5.01. The molecule has 0 aliphatic rings. The predicted octanol–water partition coefficient (Wildman–Crippen LogP) is 4.04. The lowest BCUT2D eigenvalue weighted by molar-refractivity contribution is -0.165. The van der Waals surface area contributed by atoms with Crippen molar-refractivity contribution < 1.29 is 24.2 Å². The summed E-state index contributed by atoms with van der Waals surface area (Å²) in [6.45, 7) is 5.04. The van der Waals surface area contributed by atoms with E-state index in [0.717, 1.165) is 18.4 Å². The highest BCUT2D eigenvalue weighted by atomic mass is 16.5. The molecular weight excluding hydrogens is 370 g/mol. The maximum Gasteiger partial charge on any atom is 0.343 e. The number of unbranched alkanes of at least 4 members (excludes halogenated alkanes) is 5. The van der Waals surface area contributed by atoms with E-state index in [4.69, 9.17) is 4.74 Å². The quantitative estimate of drug-likeness (QED) is 0.277. The van der Waals surface area contributed by atoms with Crippen LogP contribution >= 0.6 is 0 Å². The zero-order chi connectivity index (χ0) is 21.7. The Hall–Kier alpha value is -2.37. The van der Waals surface area contributed by atoms with E-state index in [0.29, 0.717) is 6.42 Å². The lowest BCUT2D eigenvalue weighted by Crippen LogP contribution is -2.60. The lowest BCUT2D eigenvalue weighted by Gasteiger charge is -2.27. The van der Waals surface area contributed by atoms with Crippen LogP contribution in [0, 0.1) is 0 Å². The molecule has 1 aromatic carbocycles. The molecule has 1 aromatic rings. The summed E-state index contributed by atoms with van der Waals surface area (Å²) in [5.41, 5.74) is 0.0943. The van der Waals surface area contributed by atoms with Crippen molar-refractivity contribution in [1.29, 1.82) is 0 Å². The average Bonchev–Trinajstić information content (AvgIpc) is 2.68. The van der Waals surface area contributed by atoms with E-state index >= 15 is 0 Å². The molecule has 0 bridgehead atoms. The van der Waals surface area contributed by atoms with Crippen LogP contribution < -0.4 is 5.32 Å². The molecule has 6 nitrogen and oxygen atoms in total. The topological polar surface area (TPSA) is 92.7 Å². The van der Waals surface area contributed by atoms with Gasteiger partial charge in [0.05, 0.1) is 6.61 Å².